The van der Waals surface area contributed by atoms with Crippen molar-refractivity contribution in [3.05, 3.63) is 89.2 Å². The van der Waals surface area contributed by atoms with Crippen LogP contribution < -0.4 is 10.1 Å². The van der Waals surface area contributed by atoms with Crippen molar-refractivity contribution < 1.29 is 23.5 Å². The number of nitrogens with one attached hydrogen (secondary N) is 1. The van der Waals surface area contributed by atoms with Crippen molar-refractivity contribution in [2.45, 2.75) is 0 Å². The smallest absolute Gasteiger partial charge is 0.261 e. The average molecular weight is 390 g/mol. The van der Waals surface area contributed by atoms with Gasteiger partial charge in [0.05, 0.1) is 11.1 Å². The van der Waals surface area contributed by atoms with Crippen LogP contribution in [-0.4, -0.2) is 29.7 Å². The molecule has 0 unspecified atom stereocenters. The summed E-state index contributed by atoms with van der Waals surface area (Å²) >= 11 is 0. The Bertz CT molecular complexity index is 1140. The minimum absolute atomic E-state index is 0.212. The van der Waals surface area contributed by atoms with Crippen LogP contribution >= 0.6 is 0 Å². The summed E-state index contributed by atoms with van der Waals surface area (Å²) in [6.45, 7) is 0. The summed E-state index contributed by atoms with van der Waals surface area (Å²) in [5, 5.41) is 2.72. The molecule has 1 aliphatic rings. The summed E-state index contributed by atoms with van der Waals surface area (Å²) in [4.78, 5) is 37.5. The van der Waals surface area contributed by atoms with Crippen LogP contribution in [0, 0.1) is 5.82 Å². The van der Waals surface area contributed by atoms with Crippen LogP contribution in [-0.2, 0) is 0 Å². The number of amides is 3. The van der Waals surface area contributed by atoms with Crippen LogP contribution in [0.2, 0.25) is 0 Å². The summed E-state index contributed by atoms with van der Waals surface area (Å²) in [7, 11) is 1.40. The van der Waals surface area contributed by atoms with Gasteiger partial charge in [-0.1, -0.05) is 6.07 Å². The Morgan fingerprint density at radius 3 is 2.34 bits per heavy atom. The van der Waals surface area contributed by atoms with E-state index in [0.29, 0.717) is 17.2 Å². The van der Waals surface area contributed by atoms with E-state index >= 15 is 0 Å². The fourth-order valence-corrected chi connectivity index (χ4v) is 2.98. The fraction of sp³-hybridized carbons (Fsp3) is 0.0455. The van der Waals surface area contributed by atoms with E-state index in [9.17, 15) is 18.8 Å². The lowest BCUT2D eigenvalue weighted by Crippen LogP contribution is -2.24. The number of carbonyl (C=O) groups excluding carboxylic acids is 3. The predicted octanol–water partition coefficient (Wildman–Crippen LogP) is 4.10. The van der Waals surface area contributed by atoms with E-state index in [1.54, 1.807) is 36.4 Å². The number of fused-ring (bicyclic) bond motifs is 1. The molecule has 3 amide bonds. The monoisotopic (exact) mass is 390 g/mol. The van der Waals surface area contributed by atoms with Crippen molar-refractivity contribution in [1.82, 2.24) is 4.90 Å². The molecule has 0 bridgehead atoms. The number of imide groups is 1. The average Bonchev–Trinajstić information content (AvgIpc) is 2.93. The van der Waals surface area contributed by atoms with Gasteiger partial charge in [0.25, 0.3) is 17.7 Å². The van der Waals surface area contributed by atoms with Gasteiger partial charge in [-0.2, -0.15) is 0 Å². The van der Waals surface area contributed by atoms with Crippen molar-refractivity contribution >= 4 is 23.4 Å². The molecule has 3 aromatic carbocycles. The van der Waals surface area contributed by atoms with Crippen molar-refractivity contribution in [2.75, 3.05) is 12.4 Å². The largest absolute Gasteiger partial charge is 0.457 e. The molecule has 1 heterocycles. The van der Waals surface area contributed by atoms with E-state index in [1.165, 1.54) is 37.4 Å². The van der Waals surface area contributed by atoms with Crippen LogP contribution in [0.5, 0.6) is 11.5 Å². The number of ether oxygens (including phenoxy) is 1. The maximum absolute atomic E-state index is 13.2. The SMILES string of the molecule is CN1C(=O)c2ccc(C(=O)Nc3ccc(Oc4cccc(F)c4)cc3)cc2C1=O. The molecule has 7 heteroatoms. The highest BCUT2D eigenvalue weighted by molar-refractivity contribution is 6.22. The second kappa shape index (κ2) is 7.20. The van der Waals surface area contributed by atoms with Crippen LogP contribution in [0.4, 0.5) is 10.1 Å². The van der Waals surface area contributed by atoms with Crippen molar-refractivity contribution in [3.8, 4) is 11.5 Å². The van der Waals surface area contributed by atoms with Crippen LogP contribution in [0.25, 0.3) is 0 Å². The highest BCUT2D eigenvalue weighted by Gasteiger charge is 2.33. The fourth-order valence-electron chi connectivity index (χ4n) is 2.98. The highest BCUT2D eigenvalue weighted by Crippen LogP contribution is 2.25. The minimum Gasteiger partial charge on any atom is -0.457 e. The molecule has 4 rings (SSSR count). The molecule has 3 aromatic rings. The van der Waals surface area contributed by atoms with Crippen molar-refractivity contribution in [2.24, 2.45) is 0 Å². The molecule has 0 spiro atoms. The van der Waals surface area contributed by atoms with Crippen LogP contribution in [0.3, 0.4) is 0 Å². The molecule has 1 N–H and O–H groups in total. The Hall–Kier alpha value is -4.00. The summed E-state index contributed by atoms with van der Waals surface area (Å²) in [5.74, 6) is -0.778. The first-order valence-corrected chi connectivity index (χ1v) is 8.73. The first-order valence-electron chi connectivity index (χ1n) is 8.73. The van der Waals surface area contributed by atoms with Gasteiger partial charge in [0.1, 0.15) is 17.3 Å². The lowest BCUT2D eigenvalue weighted by molar-refractivity contribution is 0.0693. The molecule has 29 heavy (non-hydrogen) atoms. The minimum atomic E-state index is -0.432. The Kier molecular flexibility index (Phi) is 4.56. The Balaban J connectivity index is 1.47. The Morgan fingerprint density at radius 1 is 0.897 bits per heavy atom. The normalized spacial score (nSPS) is 12.7. The van der Waals surface area contributed by atoms with Crippen molar-refractivity contribution in [1.29, 1.82) is 0 Å². The summed E-state index contributed by atoms with van der Waals surface area (Å²) in [6.07, 6.45) is 0. The van der Waals surface area contributed by atoms with Gasteiger partial charge in [0.15, 0.2) is 0 Å². The predicted molar refractivity (Wildman–Crippen MR) is 104 cm³/mol. The molecule has 0 radical (unpaired) electrons. The molecule has 1 aliphatic heterocycles. The summed E-state index contributed by atoms with van der Waals surface area (Å²) in [5.41, 5.74) is 1.28. The number of halogens is 1. The quantitative estimate of drug-likeness (QED) is 0.681. The van der Waals surface area contributed by atoms with Gasteiger partial charge in [-0.25, -0.2) is 4.39 Å². The lowest BCUT2D eigenvalue weighted by Gasteiger charge is -2.09. The third kappa shape index (κ3) is 3.58. The van der Waals surface area contributed by atoms with E-state index in [-0.39, 0.29) is 22.6 Å². The van der Waals surface area contributed by atoms with Gasteiger partial charge >= 0.3 is 0 Å². The second-order valence-corrected chi connectivity index (χ2v) is 6.47. The first-order chi connectivity index (χ1) is 13.9. The van der Waals surface area contributed by atoms with Crippen molar-refractivity contribution in [3.63, 3.8) is 0 Å². The molecule has 144 valence electrons. The third-order valence-corrected chi connectivity index (χ3v) is 4.50. The zero-order chi connectivity index (χ0) is 20.5. The maximum atomic E-state index is 13.2. The number of rotatable bonds is 4. The third-order valence-electron chi connectivity index (χ3n) is 4.50. The number of anilines is 1. The number of carbonyl (C=O) groups is 3. The maximum Gasteiger partial charge on any atom is 0.261 e. The molecule has 0 aliphatic carbocycles. The molecular weight excluding hydrogens is 375 g/mol. The van der Waals surface area contributed by atoms with Crippen LogP contribution in [0.15, 0.2) is 66.7 Å². The van der Waals surface area contributed by atoms with E-state index in [4.69, 9.17) is 4.74 Å². The molecule has 6 nitrogen and oxygen atoms in total. The number of hydrogen-bond donors (Lipinski definition) is 1. The van der Waals surface area contributed by atoms with E-state index in [2.05, 4.69) is 5.32 Å². The molecular formula is C22H15FN2O4. The lowest BCUT2D eigenvalue weighted by atomic mass is 10.1. The van der Waals surface area contributed by atoms with Crippen LogP contribution in [0.1, 0.15) is 31.1 Å². The Morgan fingerprint density at radius 2 is 1.62 bits per heavy atom. The molecule has 0 aromatic heterocycles. The molecule has 0 saturated carbocycles. The van der Waals surface area contributed by atoms with E-state index < -0.39 is 17.6 Å². The highest BCUT2D eigenvalue weighted by atomic mass is 19.1. The topological polar surface area (TPSA) is 75.7 Å². The van der Waals surface area contributed by atoms with E-state index in [1.807, 2.05) is 0 Å². The summed E-state index contributed by atoms with van der Waals surface area (Å²) in [6, 6.07) is 16.7. The van der Waals surface area contributed by atoms with E-state index in [0.717, 1.165) is 4.90 Å². The van der Waals surface area contributed by atoms with Gasteiger partial charge in [0, 0.05) is 24.4 Å². The standard InChI is InChI=1S/C22H15FN2O4/c1-25-21(27)18-10-5-13(11-19(18)22(25)28)20(26)24-15-6-8-16(9-7-15)29-17-4-2-3-14(23)12-17/h2-12H,1H3,(H,24,26). The zero-order valence-corrected chi connectivity index (χ0v) is 15.3. The van der Waals surface area contributed by atoms with Gasteiger partial charge in [-0.05, 0) is 54.6 Å². The first kappa shape index (κ1) is 18.4. The number of benzene rings is 3. The van der Waals surface area contributed by atoms with Gasteiger partial charge in [-0.15, -0.1) is 0 Å². The summed E-state index contributed by atoms with van der Waals surface area (Å²) < 4.78 is 18.8. The molecule has 0 atom stereocenters. The Labute approximate surface area is 165 Å². The molecule has 0 fully saturated rings. The number of hydrogen-bond acceptors (Lipinski definition) is 4. The van der Waals surface area contributed by atoms with Gasteiger partial charge < -0.3 is 10.1 Å². The van der Waals surface area contributed by atoms with Gasteiger partial charge in [-0.3, -0.25) is 19.3 Å². The second-order valence-electron chi connectivity index (χ2n) is 6.47. The van der Waals surface area contributed by atoms with Gasteiger partial charge in [0.2, 0.25) is 0 Å². The zero-order valence-electron chi connectivity index (χ0n) is 15.3. The molecule has 0 saturated heterocycles. The number of nitrogens with zero attached hydrogens (tertiary/aromatic N) is 1.